The van der Waals surface area contributed by atoms with Crippen molar-refractivity contribution < 1.29 is 30.9 Å². The molecule has 2 aromatic carbocycles. The van der Waals surface area contributed by atoms with Gasteiger partial charge in [-0.05, 0) is 30.5 Å². The fourth-order valence-corrected chi connectivity index (χ4v) is 6.57. The third-order valence-corrected chi connectivity index (χ3v) is 8.68. The van der Waals surface area contributed by atoms with Crippen LogP contribution in [-0.2, 0) is 16.1 Å². The lowest BCUT2D eigenvalue weighted by Gasteiger charge is -2.51. The number of fused-ring (bicyclic) bond motifs is 3. The molecule has 0 amide bonds. The molecule has 3 saturated heterocycles. The largest absolute Gasteiger partial charge is 1.00 e. The Hall–Kier alpha value is -2.90. The minimum absolute atomic E-state index is 0. The molecule has 2 bridgehead atoms. The Labute approximate surface area is 230 Å². The van der Waals surface area contributed by atoms with E-state index in [1.807, 2.05) is 60.7 Å². The Morgan fingerprint density at radius 3 is 2.37 bits per heavy atom. The van der Waals surface area contributed by atoms with E-state index in [0.717, 1.165) is 79.3 Å². The summed E-state index contributed by atoms with van der Waals surface area (Å²) >= 11 is 0. The average Bonchev–Trinajstić information content (AvgIpc) is 3.41. The highest BCUT2D eigenvalue weighted by molar-refractivity contribution is 5.81. The third kappa shape index (κ3) is 5.89. The zero-order valence-corrected chi connectivity index (χ0v) is 22.6. The number of benzene rings is 2. The number of halogens is 1. The molecule has 3 aliphatic heterocycles. The second-order valence-electron chi connectivity index (χ2n) is 11.2. The number of nitrogens with zero attached hydrogens (tertiary/aromatic N) is 3. The molecule has 1 saturated carbocycles. The van der Waals surface area contributed by atoms with Gasteiger partial charge in [0.2, 0.25) is 11.7 Å². The number of hydrogen-bond acceptors (Lipinski definition) is 6. The standard InChI is InChI=1S/C30H37N4O3.ClH/c35-30(28(23-10-4-1-5-11-23)31-25-14-8-3-9-15-25)36-26-20-34(18-16-22(26)17-19-34)21-27-32-29(37-33-27)24-12-6-2-7-13-24;/h1,3-5,8-11,14-15,22,24,26,28,31H,2,6-7,12-13,16-21H2;1H/q+1;/p-1/t22?,26-,28+,34?;/m0./s1. The Bertz CT molecular complexity index is 1170. The number of carbonyl (C=O) groups is 1. The molecule has 3 aromatic rings. The highest BCUT2D eigenvalue weighted by Gasteiger charge is 2.48. The van der Waals surface area contributed by atoms with Crippen LogP contribution in [-0.4, -0.2) is 46.3 Å². The molecule has 4 fully saturated rings. The molecule has 38 heavy (non-hydrogen) atoms. The molecular formula is C30H37ClN4O3. The molecule has 1 aromatic heterocycles. The molecule has 2 atom stereocenters. The van der Waals surface area contributed by atoms with Gasteiger partial charge in [-0.1, -0.05) is 73.0 Å². The maximum atomic E-state index is 13.6. The van der Waals surface area contributed by atoms with Crippen LogP contribution in [0, 0.1) is 5.92 Å². The Morgan fingerprint density at radius 2 is 1.66 bits per heavy atom. The quantitative estimate of drug-likeness (QED) is 0.352. The van der Waals surface area contributed by atoms with Crippen molar-refractivity contribution in [2.24, 2.45) is 5.92 Å². The van der Waals surface area contributed by atoms with Crippen LogP contribution < -0.4 is 17.7 Å². The van der Waals surface area contributed by atoms with Crippen LogP contribution in [0.3, 0.4) is 0 Å². The van der Waals surface area contributed by atoms with Gasteiger partial charge in [-0.2, -0.15) is 4.98 Å². The molecule has 4 heterocycles. The molecule has 7 rings (SSSR count). The number of anilines is 1. The van der Waals surface area contributed by atoms with Crippen LogP contribution >= 0.6 is 0 Å². The van der Waals surface area contributed by atoms with Crippen molar-refractivity contribution in [1.82, 2.24) is 10.1 Å². The second-order valence-corrected chi connectivity index (χ2v) is 11.2. The summed E-state index contributed by atoms with van der Waals surface area (Å²) in [6, 6.07) is 19.2. The van der Waals surface area contributed by atoms with Gasteiger partial charge in [0.15, 0.2) is 12.1 Å². The van der Waals surface area contributed by atoms with Gasteiger partial charge in [0.05, 0.1) is 13.1 Å². The van der Waals surface area contributed by atoms with Crippen LogP contribution in [0.1, 0.15) is 74.2 Å². The second kappa shape index (κ2) is 11.9. The number of piperidine rings is 3. The first-order chi connectivity index (χ1) is 18.2. The van der Waals surface area contributed by atoms with Crippen LogP contribution in [0.25, 0.3) is 0 Å². The summed E-state index contributed by atoms with van der Waals surface area (Å²) in [7, 11) is 0. The van der Waals surface area contributed by atoms with Crippen molar-refractivity contribution in [2.75, 3.05) is 25.0 Å². The van der Waals surface area contributed by atoms with Gasteiger partial charge < -0.3 is 31.5 Å². The highest BCUT2D eigenvalue weighted by atomic mass is 35.5. The van der Waals surface area contributed by atoms with Gasteiger partial charge in [-0.25, -0.2) is 4.79 Å². The first-order valence-corrected chi connectivity index (χ1v) is 13.9. The minimum atomic E-state index is -0.553. The fraction of sp³-hybridized carbons (Fsp3) is 0.500. The molecule has 0 unspecified atom stereocenters. The summed E-state index contributed by atoms with van der Waals surface area (Å²) in [5, 5.41) is 7.78. The lowest BCUT2D eigenvalue weighted by molar-refractivity contribution is -0.958. The summed E-state index contributed by atoms with van der Waals surface area (Å²) in [6.07, 6.45) is 8.15. The third-order valence-electron chi connectivity index (χ3n) is 8.68. The van der Waals surface area contributed by atoms with Crippen LogP contribution in [0.4, 0.5) is 5.69 Å². The van der Waals surface area contributed by atoms with Gasteiger partial charge in [0, 0.05) is 30.4 Å². The predicted octanol–water partition coefficient (Wildman–Crippen LogP) is 2.63. The lowest BCUT2D eigenvalue weighted by atomic mass is 9.83. The van der Waals surface area contributed by atoms with Crippen molar-refractivity contribution >= 4 is 11.7 Å². The van der Waals surface area contributed by atoms with E-state index in [2.05, 4.69) is 10.5 Å². The van der Waals surface area contributed by atoms with Gasteiger partial charge in [0.1, 0.15) is 13.1 Å². The Balaban J connectivity index is 0.00000294. The predicted molar refractivity (Wildman–Crippen MR) is 141 cm³/mol. The fourth-order valence-electron chi connectivity index (χ4n) is 6.57. The molecule has 1 aliphatic carbocycles. The van der Waals surface area contributed by atoms with E-state index < -0.39 is 6.04 Å². The summed E-state index contributed by atoms with van der Waals surface area (Å²) in [4.78, 5) is 18.4. The van der Waals surface area contributed by atoms with E-state index in [1.165, 1.54) is 19.3 Å². The van der Waals surface area contributed by atoms with E-state index in [0.29, 0.717) is 11.8 Å². The topological polar surface area (TPSA) is 77.2 Å². The van der Waals surface area contributed by atoms with E-state index in [1.54, 1.807) is 0 Å². The van der Waals surface area contributed by atoms with E-state index in [4.69, 9.17) is 14.2 Å². The summed E-state index contributed by atoms with van der Waals surface area (Å²) in [5.74, 6) is 2.24. The number of carbonyl (C=O) groups excluding carboxylic acids is 1. The highest BCUT2D eigenvalue weighted by Crippen LogP contribution is 2.38. The number of quaternary nitrogens is 1. The van der Waals surface area contributed by atoms with Gasteiger partial charge in [-0.3, -0.25) is 0 Å². The summed E-state index contributed by atoms with van der Waals surface area (Å²) in [5.41, 5.74) is 1.81. The number of rotatable bonds is 8. The van der Waals surface area contributed by atoms with Crippen molar-refractivity contribution in [3.8, 4) is 0 Å². The maximum Gasteiger partial charge on any atom is 0.333 e. The number of nitrogens with one attached hydrogen (secondary N) is 1. The van der Waals surface area contributed by atoms with E-state index in [9.17, 15) is 4.79 Å². The zero-order valence-electron chi connectivity index (χ0n) is 21.8. The molecule has 8 heteroatoms. The van der Waals surface area contributed by atoms with Crippen molar-refractivity contribution in [2.45, 2.75) is 69.6 Å². The summed E-state index contributed by atoms with van der Waals surface area (Å²) < 4.78 is 12.9. The normalized spacial score (nSPS) is 25.8. The number of esters is 1. The molecule has 0 radical (unpaired) electrons. The molecule has 4 aliphatic rings. The summed E-state index contributed by atoms with van der Waals surface area (Å²) in [6.45, 7) is 3.73. The molecule has 0 spiro atoms. The average molecular weight is 537 g/mol. The Kier molecular flexibility index (Phi) is 8.34. The number of aromatic nitrogens is 2. The molecule has 202 valence electrons. The zero-order chi connectivity index (χ0) is 25.1. The molecular weight excluding hydrogens is 500 g/mol. The lowest BCUT2D eigenvalue weighted by Crippen LogP contribution is -3.00. The van der Waals surface area contributed by atoms with Crippen LogP contribution in [0.2, 0.25) is 0 Å². The monoisotopic (exact) mass is 536 g/mol. The van der Waals surface area contributed by atoms with E-state index in [-0.39, 0.29) is 24.5 Å². The number of para-hydroxylation sites is 1. The van der Waals surface area contributed by atoms with Crippen LogP contribution in [0.5, 0.6) is 0 Å². The van der Waals surface area contributed by atoms with Gasteiger partial charge in [0.25, 0.3) is 0 Å². The van der Waals surface area contributed by atoms with Crippen molar-refractivity contribution in [3.05, 3.63) is 77.9 Å². The first kappa shape index (κ1) is 26.7. The maximum absolute atomic E-state index is 13.6. The molecule has 1 N–H and O–H groups in total. The Morgan fingerprint density at radius 1 is 0.974 bits per heavy atom. The van der Waals surface area contributed by atoms with Gasteiger partial charge >= 0.3 is 5.97 Å². The van der Waals surface area contributed by atoms with E-state index >= 15 is 0 Å². The van der Waals surface area contributed by atoms with Crippen LogP contribution in [0.15, 0.2) is 65.2 Å². The smallest absolute Gasteiger partial charge is 0.333 e. The SMILES string of the molecule is O=C(O[C@H]1C[N+]2(Cc3noc(C4CCCCC4)n3)CCC1CC2)[C@H](Nc1ccccc1)c1ccccc1.[Cl-]. The minimum Gasteiger partial charge on any atom is -1.00 e. The van der Waals surface area contributed by atoms with Crippen molar-refractivity contribution in [1.29, 1.82) is 0 Å². The first-order valence-electron chi connectivity index (χ1n) is 13.9. The molecule has 7 nitrogen and oxygen atoms in total. The van der Waals surface area contributed by atoms with Gasteiger partial charge in [-0.15, -0.1) is 0 Å². The number of hydrogen-bond donors (Lipinski definition) is 1. The van der Waals surface area contributed by atoms with Crippen molar-refractivity contribution in [3.63, 3.8) is 0 Å². The number of ether oxygens (including phenoxy) is 1.